The molecule has 198 valence electrons. The third-order valence-corrected chi connectivity index (χ3v) is 7.64. The van der Waals surface area contributed by atoms with Crippen LogP contribution in [0.4, 0.5) is 0 Å². The first-order valence-electron chi connectivity index (χ1n) is 13.4. The van der Waals surface area contributed by atoms with Crippen molar-refractivity contribution in [2.24, 2.45) is 5.41 Å². The van der Waals surface area contributed by atoms with E-state index in [0.29, 0.717) is 6.42 Å². The standard InChI is InChI=1S/C35H35BrN2O/c1-34(2,3)24-31-25-38(33(37-31)23-32(39)26-19-21-30(36)22-20-26)35(27-13-7-4-8-14-27,28-15-9-5-10-16-28)29-17-11-6-12-18-29/h4-22,25,32,39H,23-24H2,1-3H3. The Kier molecular flexibility index (Phi) is 7.88. The van der Waals surface area contributed by atoms with Crippen LogP contribution in [0.25, 0.3) is 0 Å². The molecule has 1 unspecified atom stereocenters. The molecule has 5 aromatic rings. The number of aromatic nitrogens is 2. The minimum Gasteiger partial charge on any atom is -0.388 e. The van der Waals surface area contributed by atoms with E-state index in [0.717, 1.165) is 44.7 Å². The first-order valence-corrected chi connectivity index (χ1v) is 14.2. The summed E-state index contributed by atoms with van der Waals surface area (Å²) in [4.78, 5) is 5.21. The highest BCUT2D eigenvalue weighted by molar-refractivity contribution is 9.10. The van der Waals surface area contributed by atoms with Crippen LogP contribution in [0.3, 0.4) is 0 Å². The van der Waals surface area contributed by atoms with Gasteiger partial charge in [-0.3, -0.25) is 0 Å². The lowest BCUT2D eigenvalue weighted by Gasteiger charge is -2.39. The summed E-state index contributed by atoms with van der Waals surface area (Å²) >= 11 is 3.51. The minimum absolute atomic E-state index is 0.0652. The number of hydrogen-bond donors (Lipinski definition) is 1. The lowest BCUT2D eigenvalue weighted by Crippen LogP contribution is -2.38. The van der Waals surface area contributed by atoms with Crippen molar-refractivity contribution in [1.82, 2.24) is 9.55 Å². The molecule has 5 rings (SSSR count). The van der Waals surface area contributed by atoms with Crippen molar-refractivity contribution in [3.8, 4) is 0 Å². The van der Waals surface area contributed by atoms with Crippen LogP contribution in [0, 0.1) is 5.41 Å². The molecule has 0 aliphatic carbocycles. The molecule has 1 atom stereocenters. The molecule has 0 aliphatic heterocycles. The molecule has 0 bridgehead atoms. The van der Waals surface area contributed by atoms with Crippen molar-refractivity contribution in [3.63, 3.8) is 0 Å². The second-order valence-corrected chi connectivity index (χ2v) is 12.3. The van der Waals surface area contributed by atoms with Gasteiger partial charge in [-0.15, -0.1) is 0 Å². The summed E-state index contributed by atoms with van der Waals surface area (Å²) in [5.74, 6) is 0.848. The summed E-state index contributed by atoms with van der Waals surface area (Å²) in [6, 6.07) is 39.8. The molecule has 0 aliphatic rings. The van der Waals surface area contributed by atoms with Gasteiger partial charge in [0, 0.05) is 17.1 Å². The quantitative estimate of drug-likeness (QED) is 0.188. The van der Waals surface area contributed by atoms with Crippen LogP contribution < -0.4 is 0 Å². The topological polar surface area (TPSA) is 38.0 Å². The molecule has 0 radical (unpaired) electrons. The van der Waals surface area contributed by atoms with Crippen LogP contribution in [0.1, 0.15) is 60.6 Å². The monoisotopic (exact) mass is 578 g/mol. The number of rotatable bonds is 8. The number of halogens is 1. The highest BCUT2D eigenvalue weighted by Crippen LogP contribution is 2.42. The zero-order chi connectivity index (χ0) is 27.5. The van der Waals surface area contributed by atoms with Gasteiger partial charge in [-0.2, -0.15) is 0 Å². The second-order valence-electron chi connectivity index (χ2n) is 11.3. The molecule has 1 N–H and O–H groups in total. The van der Waals surface area contributed by atoms with E-state index in [1.165, 1.54) is 0 Å². The number of nitrogens with zero attached hydrogens (tertiary/aromatic N) is 2. The zero-order valence-corrected chi connectivity index (χ0v) is 24.3. The van der Waals surface area contributed by atoms with E-state index in [1.54, 1.807) is 0 Å². The van der Waals surface area contributed by atoms with E-state index in [2.05, 4.69) is 138 Å². The van der Waals surface area contributed by atoms with E-state index >= 15 is 0 Å². The number of benzene rings is 4. The van der Waals surface area contributed by atoms with E-state index in [4.69, 9.17) is 4.98 Å². The first kappa shape index (κ1) is 27.1. The Balaban J connectivity index is 1.79. The molecule has 3 nitrogen and oxygen atoms in total. The molecular weight excluding hydrogens is 544 g/mol. The van der Waals surface area contributed by atoms with Gasteiger partial charge in [-0.05, 0) is 46.2 Å². The van der Waals surface area contributed by atoms with Gasteiger partial charge in [0.05, 0.1) is 11.8 Å². The van der Waals surface area contributed by atoms with Crippen LogP contribution in [0.2, 0.25) is 0 Å². The van der Waals surface area contributed by atoms with Crippen molar-refractivity contribution in [1.29, 1.82) is 0 Å². The Morgan fingerprint density at radius 3 is 1.62 bits per heavy atom. The van der Waals surface area contributed by atoms with Crippen LogP contribution in [0.15, 0.2) is 126 Å². The molecule has 0 amide bonds. The minimum atomic E-state index is -0.693. The van der Waals surface area contributed by atoms with Gasteiger partial charge >= 0.3 is 0 Å². The number of imidazole rings is 1. The average molecular weight is 580 g/mol. The maximum absolute atomic E-state index is 11.4. The Hall–Kier alpha value is -3.47. The van der Waals surface area contributed by atoms with Gasteiger partial charge in [-0.25, -0.2) is 4.98 Å². The predicted octanol–water partition coefficient (Wildman–Crippen LogP) is 8.35. The van der Waals surface area contributed by atoms with Crippen molar-refractivity contribution in [3.05, 3.63) is 160 Å². The Bertz CT molecular complexity index is 1390. The summed E-state index contributed by atoms with van der Waals surface area (Å²) in [5.41, 5.74) is 4.70. The number of hydrogen-bond acceptors (Lipinski definition) is 2. The summed E-state index contributed by atoms with van der Waals surface area (Å²) in [7, 11) is 0. The SMILES string of the molecule is CC(C)(C)Cc1cn(C(c2ccccc2)(c2ccccc2)c2ccccc2)c(CC(O)c2ccc(Br)cc2)n1. The molecule has 39 heavy (non-hydrogen) atoms. The van der Waals surface area contributed by atoms with Gasteiger partial charge in [0.1, 0.15) is 11.4 Å². The second kappa shape index (κ2) is 11.3. The predicted molar refractivity (Wildman–Crippen MR) is 163 cm³/mol. The van der Waals surface area contributed by atoms with Gasteiger partial charge in [0.2, 0.25) is 0 Å². The average Bonchev–Trinajstić information content (AvgIpc) is 3.31. The third kappa shape index (κ3) is 5.78. The third-order valence-electron chi connectivity index (χ3n) is 7.11. The normalized spacial score (nSPS) is 12.8. The Morgan fingerprint density at radius 1 is 0.718 bits per heavy atom. The van der Waals surface area contributed by atoms with Crippen molar-refractivity contribution >= 4 is 15.9 Å². The Labute approximate surface area is 240 Å². The molecule has 0 saturated carbocycles. The van der Waals surface area contributed by atoms with Gasteiger partial charge in [-0.1, -0.05) is 140 Å². The summed E-state index contributed by atoms with van der Waals surface area (Å²) < 4.78 is 3.31. The van der Waals surface area contributed by atoms with Gasteiger partial charge in [0.15, 0.2) is 0 Å². The summed E-state index contributed by atoms with van der Waals surface area (Å²) in [5, 5.41) is 11.4. The largest absolute Gasteiger partial charge is 0.388 e. The molecule has 1 heterocycles. The highest BCUT2D eigenvalue weighted by Gasteiger charge is 2.40. The molecule has 4 aromatic carbocycles. The molecule has 4 heteroatoms. The van der Waals surface area contributed by atoms with E-state index in [1.807, 2.05) is 24.3 Å². The lowest BCUT2D eigenvalue weighted by atomic mass is 9.76. The zero-order valence-electron chi connectivity index (χ0n) is 22.8. The molecule has 0 fully saturated rings. The van der Waals surface area contributed by atoms with Crippen molar-refractivity contribution in [2.75, 3.05) is 0 Å². The number of aliphatic hydroxyl groups excluding tert-OH is 1. The van der Waals surface area contributed by atoms with E-state index in [9.17, 15) is 5.11 Å². The maximum Gasteiger partial charge on any atom is 0.121 e. The highest BCUT2D eigenvalue weighted by atomic mass is 79.9. The van der Waals surface area contributed by atoms with Gasteiger partial charge < -0.3 is 9.67 Å². The van der Waals surface area contributed by atoms with Crippen LogP contribution in [-0.4, -0.2) is 14.7 Å². The molecule has 0 saturated heterocycles. The molecule has 1 aromatic heterocycles. The summed E-state index contributed by atoms with van der Waals surface area (Å²) in [6.45, 7) is 6.71. The smallest absolute Gasteiger partial charge is 0.121 e. The van der Waals surface area contributed by atoms with Crippen molar-refractivity contribution < 1.29 is 5.11 Å². The fourth-order valence-electron chi connectivity index (χ4n) is 5.47. The fraction of sp³-hybridized carbons (Fsp3) is 0.229. The lowest BCUT2D eigenvalue weighted by molar-refractivity contribution is 0.173. The van der Waals surface area contributed by atoms with Crippen LogP contribution >= 0.6 is 15.9 Å². The summed E-state index contributed by atoms with van der Waals surface area (Å²) in [6.07, 6.45) is 2.74. The number of aliphatic hydroxyl groups is 1. The van der Waals surface area contributed by atoms with Gasteiger partial charge in [0.25, 0.3) is 0 Å². The van der Waals surface area contributed by atoms with Crippen LogP contribution in [0.5, 0.6) is 0 Å². The van der Waals surface area contributed by atoms with Crippen molar-refractivity contribution in [2.45, 2.75) is 45.3 Å². The Morgan fingerprint density at radius 2 is 1.18 bits per heavy atom. The fourth-order valence-corrected chi connectivity index (χ4v) is 5.73. The van der Waals surface area contributed by atoms with Crippen LogP contribution in [-0.2, 0) is 18.4 Å². The van der Waals surface area contributed by atoms with E-state index < -0.39 is 11.6 Å². The van der Waals surface area contributed by atoms with E-state index in [-0.39, 0.29) is 5.41 Å². The first-order chi connectivity index (χ1) is 18.8. The molecular formula is C35H35BrN2O. The maximum atomic E-state index is 11.4. The molecule has 0 spiro atoms.